The summed E-state index contributed by atoms with van der Waals surface area (Å²) in [6.07, 6.45) is 0.353. The van der Waals surface area contributed by atoms with Gasteiger partial charge in [0.15, 0.2) is 5.88 Å². The van der Waals surface area contributed by atoms with Crippen LogP contribution in [0.15, 0.2) is 73.1 Å². The molecule has 0 aliphatic carbocycles. The SMILES string of the molecule is C=C(NC(Cc1ccccc1)C(=O)NCC(=O)NC(B(O)O)C(C)C)OCc1ccccc1. The van der Waals surface area contributed by atoms with Crippen LogP contribution in [0.1, 0.15) is 25.0 Å². The van der Waals surface area contributed by atoms with Gasteiger partial charge in [0, 0.05) is 6.42 Å². The summed E-state index contributed by atoms with van der Waals surface area (Å²) in [6.45, 7) is 7.36. The van der Waals surface area contributed by atoms with Gasteiger partial charge in [-0.3, -0.25) is 9.59 Å². The van der Waals surface area contributed by atoms with Crippen molar-refractivity contribution in [3.63, 3.8) is 0 Å². The van der Waals surface area contributed by atoms with Crippen LogP contribution in [0.25, 0.3) is 0 Å². The van der Waals surface area contributed by atoms with Gasteiger partial charge in [-0.1, -0.05) is 74.5 Å². The number of hydrogen-bond acceptors (Lipinski definition) is 6. The van der Waals surface area contributed by atoms with Crippen molar-refractivity contribution in [2.75, 3.05) is 6.54 Å². The van der Waals surface area contributed by atoms with Crippen molar-refractivity contribution < 1.29 is 24.4 Å². The Labute approximate surface area is 195 Å². The third-order valence-corrected chi connectivity index (χ3v) is 4.98. The van der Waals surface area contributed by atoms with Crippen LogP contribution in [-0.2, 0) is 27.4 Å². The van der Waals surface area contributed by atoms with E-state index >= 15 is 0 Å². The first-order valence-electron chi connectivity index (χ1n) is 10.9. The van der Waals surface area contributed by atoms with Gasteiger partial charge in [0.2, 0.25) is 11.8 Å². The summed E-state index contributed by atoms with van der Waals surface area (Å²) in [5, 5.41) is 26.9. The van der Waals surface area contributed by atoms with E-state index in [9.17, 15) is 19.6 Å². The number of ether oxygens (including phenoxy) is 1. The zero-order chi connectivity index (χ0) is 24.2. The van der Waals surface area contributed by atoms with Crippen molar-refractivity contribution in [1.29, 1.82) is 0 Å². The van der Waals surface area contributed by atoms with Crippen molar-refractivity contribution in [3.05, 3.63) is 84.3 Å². The van der Waals surface area contributed by atoms with Crippen LogP contribution < -0.4 is 16.0 Å². The van der Waals surface area contributed by atoms with Crippen LogP contribution in [0.4, 0.5) is 0 Å². The van der Waals surface area contributed by atoms with Crippen molar-refractivity contribution in [2.24, 2.45) is 5.92 Å². The van der Waals surface area contributed by atoms with Gasteiger partial charge in [-0.25, -0.2) is 0 Å². The molecule has 33 heavy (non-hydrogen) atoms. The van der Waals surface area contributed by atoms with E-state index in [2.05, 4.69) is 22.5 Å². The molecule has 0 bridgehead atoms. The molecule has 0 aromatic heterocycles. The van der Waals surface area contributed by atoms with E-state index < -0.39 is 30.9 Å². The van der Waals surface area contributed by atoms with E-state index in [1.165, 1.54) is 0 Å². The van der Waals surface area contributed by atoms with E-state index in [0.717, 1.165) is 11.1 Å². The number of amides is 2. The standard InChI is InChI=1S/C24H32BN3O5/c1-17(2)23(25(31)32)28-22(29)15-26-24(30)21(14-19-10-6-4-7-11-19)27-18(3)33-16-20-12-8-5-9-13-20/h4-13,17,21,23,27,31-32H,3,14-16H2,1-2H3,(H,26,30)(H,28,29). The normalized spacial score (nSPS) is 12.4. The zero-order valence-corrected chi connectivity index (χ0v) is 19.0. The van der Waals surface area contributed by atoms with Gasteiger partial charge < -0.3 is 30.7 Å². The molecule has 0 aliphatic rings. The molecule has 2 atom stereocenters. The molecule has 0 fully saturated rings. The predicted molar refractivity (Wildman–Crippen MR) is 127 cm³/mol. The largest absolute Gasteiger partial charge is 0.475 e. The molecule has 0 saturated carbocycles. The summed E-state index contributed by atoms with van der Waals surface area (Å²) in [5.74, 6) is -1.72. The number of carbonyl (C=O) groups excluding carboxylic acids is 2. The van der Waals surface area contributed by atoms with Gasteiger partial charge in [0.05, 0.1) is 12.5 Å². The van der Waals surface area contributed by atoms with E-state index in [-0.39, 0.29) is 18.3 Å². The van der Waals surface area contributed by atoms with Crippen molar-refractivity contribution in [2.45, 2.75) is 38.9 Å². The molecule has 0 spiro atoms. The van der Waals surface area contributed by atoms with Crippen LogP contribution in [-0.4, -0.2) is 47.5 Å². The maximum atomic E-state index is 12.9. The quantitative estimate of drug-likeness (QED) is 0.229. The third-order valence-electron chi connectivity index (χ3n) is 4.98. The number of benzene rings is 2. The highest BCUT2D eigenvalue weighted by molar-refractivity contribution is 6.43. The Kier molecular flexibility index (Phi) is 10.5. The molecule has 0 saturated heterocycles. The smallest absolute Gasteiger partial charge is 0.475 e. The third kappa shape index (κ3) is 9.38. The Morgan fingerprint density at radius 1 is 0.970 bits per heavy atom. The Morgan fingerprint density at radius 3 is 2.09 bits per heavy atom. The summed E-state index contributed by atoms with van der Waals surface area (Å²) in [5.41, 5.74) is 1.89. The second-order valence-electron chi connectivity index (χ2n) is 8.05. The number of carbonyl (C=O) groups is 2. The molecule has 9 heteroatoms. The summed E-state index contributed by atoms with van der Waals surface area (Å²) in [6, 6.07) is 18.3. The molecular weight excluding hydrogens is 421 g/mol. The zero-order valence-electron chi connectivity index (χ0n) is 19.0. The van der Waals surface area contributed by atoms with E-state index in [4.69, 9.17) is 4.74 Å². The lowest BCUT2D eigenvalue weighted by Crippen LogP contribution is -2.53. The molecule has 0 aliphatic heterocycles. The minimum atomic E-state index is -1.69. The minimum absolute atomic E-state index is 0.192. The highest BCUT2D eigenvalue weighted by Gasteiger charge is 2.28. The van der Waals surface area contributed by atoms with Crippen LogP contribution in [0.3, 0.4) is 0 Å². The maximum Gasteiger partial charge on any atom is 0.475 e. The first-order valence-corrected chi connectivity index (χ1v) is 10.9. The van der Waals surface area contributed by atoms with Crippen LogP contribution in [0.5, 0.6) is 0 Å². The van der Waals surface area contributed by atoms with Crippen LogP contribution in [0.2, 0.25) is 0 Å². The summed E-state index contributed by atoms with van der Waals surface area (Å²) in [4.78, 5) is 25.1. The number of rotatable bonds is 13. The van der Waals surface area contributed by atoms with Gasteiger partial charge in [-0.2, -0.15) is 0 Å². The van der Waals surface area contributed by atoms with Gasteiger partial charge in [-0.05, 0) is 23.6 Å². The highest BCUT2D eigenvalue weighted by Crippen LogP contribution is 2.08. The average molecular weight is 453 g/mol. The number of hydrogen-bond donors (Lipinski definition) is 5. The Hall–Kier alpha value is -3.30. The van der Waals surface area contributed by atoms with Gasteiger partial charge in [-0.15, -0.1) is 0 Å². The second kappa shape index (κ2) is 13.3. The molecule has 0 radical (unpaired) electrons. The summed E-state index contributed by atoms with van der Waals surface area (Å²) in [7, 11) is -1.69. The molecule has 2 unspecified atom stereocenters. The van der Waals surface area contributed by atoms with Gasteiger partial charge in [0.25, 0.3) is 0 Å². The van der Waals surface area contributed by atoms with Gasteiger partial charge >= 0.3 is 7.12 Å². The lowest BCUT2D eigenvalue weighted by molar-refractivity contribution is -0.127. The Morgan fingerprint density at radius 2 is 1.55 bits per heavy atom. The van der Waals surface area contributed by atoms with Crippen LogP contribution >= 0.6 is 0 Å². The van der Waals surface area contributed by atoms with E-state index in [1.807, 2.05) is 60.7 Å². The molecule has 2 rings (SSSR count). The molecule has 2 aromatic rings. The van der Waals surface area contributed by atoms with E-state index in [0.29, 0.717) is 13.0 Å². The molecule has 0 heterocycles. The molecule has 8 nitrogen and oxygen atoms in total. The summed E-state index contributed by atoms with van der Waals surface area (Å²) < 4.78 is 5.66. The van der Waals surface area contributed by atoms with Crippen molar-refractivity contribution in [3.8, 4) is 0 Å². The monoisotopic (exact) mass is 453 g/mol. The second-order valence-corrected chi connectivity index (χ2v) is 8.05. The molecule has 2 amide bonds. The number of nitrogens with one attached hydrogen (secondary N) is 3. The lowest BCUT2D eigenvalue weighted by atomic mass is 9.73. The fourth-order valence-corrected chi connectivity index (χ4v) is 3.15. The highest BCUT2D eigenvalue weighted by atomic mass is 16.5. The Bertz CT molecular complexity index is 885. The molecule has 5 N–H and O–H groups in total. The average Bonchev–Trinajstić information content (AvgIpc) is 2.80. The minimum Gasteiger partial charge on any atom is -0.475 e. The van der Waals surface area contributed by atoms with Gasteiger partial charge in [0.1, 0.15) is 12.6 Å². The first-order chi connectivity index (χ1) is 15.8. The van der Waals surface area contributed by atoms with Crippen molar-refractivity contribution >= 4 is 18.9 Å². The molecule has 2 aromatic carbocycles. The predicted octanol–water partition coefficient (Wildman–Crippen LogP) is 1.14. The topological polar surface area (TPSA) is 120 Å². The molecular formula is C24H32BN3O5. The first kappa shape index (κ1) is 26.0. The van der Waals surface area contributed by atoms with E-state index in [1.54, 1.807) is 13.8 Å². The maximum absolute atomic E-state index is 12.9. The van der Waals surface area contributed by atoms with Crippen molar-refractivity contribution in [1.82, 2.24) is 16.0 Å². The fourth-order valence-electron chi connectivity index (χ4n) is 3.15. The summed E-state index contributed by atoms with van der Waals surface area (Å²) >= 11 is 0. The fraction of sp³-hybridized carbons (Fsp3) is 0.333. The lowest BCUT2D eigenvalue weighted by Gasteiger charge is -2.23. The Balaban J connectivity index is 1.96. The molecule has 176 valence electrons. The van der Waals surface area contributed by atoms with Crippen LogP contribution in [0, 0.1) is 5.92 Å².